The van der Waals surface area contributed by atoms with Crippen LogP contribution in [0.4, 0.5) is 5.82 Å². The van der Waals surface area contributed by atoms with Crippen molar-refractivity contribution in [3.05, 3.63) is 30.5 Å². The number of nitrogens with zero attached hydrogens (tertiary/aromatic N) is 2. The fourth-order valence-electron chi connectivity index (χ4n) is 3.08. The lowest BCUT2D eigenvalue weighted by molar-refractivity contribution is -0.142. The minimum absolute atomic E-state index is 0.111. The lowest BCUT2D eigenvalue weighted by Gasteiger charge is -2.37. The van der Waals surface area contributed by atoms with E-state index in [2.05, 4.69) is 9.88 Å². The first-order valence-corrected chi connectivity index (χ1v) is 7.13. The van der Waals surface area contributed by atoms with Crippen LogP contribution in [0.5, 0.6) is 5.75 Å². The summed E-state index contributed by atoms with van der Waals surface area (Å²) < 4.78 is 0. The van der Waals surface area contributed by atoms with E-state index in [4.69, 9.17) is 5.11 Å². The summed E-state index contributed by atoms with van der Waals surface area (Å²) in [6.07, 6.45) is 2.99. The van der Waals surface area contributed by atoms with Crippen molar-refractivity contribution >= 4 is 22.6 Å². The average molecular weight is 286 g/mol. The van der Waals surface area contributed by atoms with E-state index in [-0.39, 0.29) is 17.7 Å². The SMILES string of the molecule is CC1CC(C(=O)O)CCN1c1nccc2ccc(O)cc12. The van der Waals surface area contributed by atoms with Gasteiger partial charge < -0.3 is 15.1 Å². The number of hydrogen-bond acceptors (Lipinski definition) is 4. The topological polar surface area (TPSA) is 73.7 Å². The van der Waals surface area contributed by atoms with Gasteiger partial charge in [-0.05, 0) is 43.4 Å². The van der Waals surface area contributed by atoms with Crippen molar-refractivity contribution < 1.29 is 15.0 Å². The molecule has 21 heavy (non-hydrogen) atoms. The maximum atomic E-state index is 11.1. The van der Waals surface area contributed by atoms with Crippen molar-refractivity contribution in [2.45, 2.75) is 25.8 Å². The number of rotatable bonds is 2. The van der Waals surface area contributed by atoms with E-state index in [1.165, 1.54) is 0 Å². The molecule has 2 aromatic rings. The van der Waals surface area contributed by atoms with Crippen molar-refractivity contribution in [2.24, 2.45) is 5.92 Å². The molecule has 110 valence electrons. The van der Waals surface area contributed by atoms with Gasteiger partial charge in [0.05, 0.1) is 5.92 Å². The Hall–Kier alpha value is -2.30. The number of hydrogen-bond donors (Lipinski definition) is 2. The van der Waals surface area contributed by atoms with E-state index >= 15 is 0 Å². The first kappa shape index (κ1) is 13.7. The maximum Gasteiger partial charge on any atom is 0.306 e. The zero-order valence-electron chi connectivity index (χ0n) is 11.9. The molecular weight excluding hydrogens is 268 g/mol. The van der Waals surface area contributed by atoms with Crippen LogP contribution in [0.15, 0.2) is 30.5 Å². The number of benzene rings is 1. The third-order valence-corrected chi connectivity index (χ3v) is 4.23. The van der Waals surface area contributed by atoms with E-state index in [9.17, 15) is 9.90 Å². The molecule has 0 saturated carbocycles. The normalized spacial score (nSPS) is 22.4. The van der Waals surface area contributed by atoms with Crippen molar-refractivity contribution in [1.29, 1.82) is 0 Å². The number of piperidine rings is 1. The Morgan fingerprint density at radius 3 is 2.90 bits per heavy atom. The number of fused-ring (bicyclic) bond motifs is 1. The van der Waals surface area contributed by atoms with Crippen LogP contribution in [-0.2, 0) is 4.79 Å². The van der Waals surface area contributed by atoms with Gasteiger partial charge in [0.1, 0.15) is 11.6 Å². The summed E-state index contributed by atoms with van der Waals surface area (Å²) in [5.41, 5.74) is 0. The lowest BCUT2D eigenvalue weighted by Crippen LogP contribution is -2.43. The van der Waals surface area contributed by atoms with Crippen LogP contribution in [-0.4, -0.2) is 33.8 Å². The summed E-state index contributed by atoms with van der Waals surface area (Å²) in [5.74, 6) is 0.0363. The van der Waals surface area contributed by atoms with Crippen molar-refractivity contribution in [3.63, 3.8) is 0 Å². The Labute approximate surface area is 122 Å². The molecule has 5 heteroatoms. The van der Waals surface area contributed by atoms with Gasteiger partial charge in [-0.2, -0.15) is 0 Å². The summed E-state index contributed by atoms with van der Waals surface area (Å²) >= 11 is 0. The molecule has 2 atom stereocenters. The van der Waals surface area contributed by atoms with Crippen LogP contribution in [0.2, 0.25) is 0 Å². The second-order valence-corrected chi connectivity index (χ2v) is 5.64. The molecule has 0 amide bonds. The third-order valence-electron chi connectivity index (χ3n) is 4.23. The standard InChI is InChI=1S/C16H18N2O3/c1-10-8-12(16(20)21)5-7-18(10)15-14-9-13(19)3-2-11(14)4-6-17-15/h2-4,6,9-10,12,19H,5,7-8H2,1H3,(H,20,21). The average Bonchev–Trinajstić information content (AvgIpc) is 2.46. The minimum Gasteiger partial charge on any atom is -0.508 e. The van der Waals surface area contributed by atoms with Gasteiger partial charge >= 0.3 is 5.97 Å². The number of carboxylic acids is 1. The van der Waals surface area contributed by atoms with Crippen LogP contribution < -0.4 is 4.90 Å². The molecule has 2 heterocycles. The van der Waals surface area contributed by atoms with E-state index in [0.29, 0.717) is 19.4 Å². The third kappa shape index (κ3) is 2.51. The molecule has 2 N–H and O–H groups in total. The van der Waals surface area contributed by atoms with Gasteiger partial charge in [-0.3, -0.25) is 4.79 Å². The Kier molecular flexibility index (Phi) is 3.41. The number of carboxylic acid groups (broad SMARTS) is 1. The van der Waals surface area contributed by atoms with Crippen LogP contribution in [0.3, 0.4) is 0 Å². The van der Waals surface area contributed by atoms with E-state index in [1.54, 1.807) is 18.3 Å². The first-order chi connectivity index (χ1) is 10.1. The molecule has 0 aliphatic carbocycles. The number of anilines is 1. The fraction of sp³-hybridized carbons (Fsp3) is 0.375. The molecule has 5 nitrogen and oxygen atoms in total. The largest absolute Gasteiger partial charge is 0.508 e. The molecule has 0 spiro atoms. The number of pyridine rings is 1. The molecule has 1 aliphatic heterocycles. The quantitative estimate of drug-likeness (QED) is 0.887. The highest BCUT2D eigenvalue weighted by molar-refractivity contribution is 5.93. The summed E-state index contributed by atoms with van der Waals surface area (Å²) in [7, 11) is 0. The van der Waals surface area contributed by atoms with Gasteiger partial charge in [0, 0.05) is 24.2 Å². The van der Waals surface area contributed by atoms with Crippen LogP contribution in [0, 0.1) is 5.92 Å². The van der Waals surface area contributed by atoms with Crippen molar-refractivity contribution in [1.82, 2.24) is 4.98 Å². The van der Waals surface area contributed by atoms with Crippen molar-refractivity contribution in [2.75, 3.05) is 11.4 Å². The Morgan fingerprint density at radius 2 is 2.19 bits per heavy atom. The van der Waals surface area contributed by atoms with Crippen molar-refractivity contribution in [3.8, 4) is 5.75 Å². The predicted molar refractivity (Wildman–Crippen MR) is 80.6 cm³/mol. The van der Waals surface area contributed by atoms with E-state index < -0.39 is 5.97 Å². The van der Waals surface area contributed by atoms with Crippen LogP contribution >= 0.6 is 0 Å². The highest BCUT2D eigenvalue weighted by Crippen LogP contribution is 2.33. The zero-order valence-corrected chi connectivity index (χ0v) is 11.9. The molecule has 0 bridgehead atoms. The molecule has 1 aromatic carbocycles. The molecule has 1 aromatic heterocycles. The van der Waals surface area contributed by atoms with Gasteiger partial charge in [-0.15, -0.1) is 0 Å². The monoisotopic (exact) mass is 286 g/mol. The van der Waals surface area contributed by atoms with Gasteiger partial charge in [-0.1, -0.05) is 6.07 Å². The number of aromatic hydroxyl groups is 1. The van der Waals surface area contributed by atoms with Crippen LogP contribution in [0.1, 0.15) is 19.8 Å². The first-order valence-electron chi connectivity index (χ1n) is 7.13. The number of aliphatic carboxylic acids is 1. The molecule has 1 fully saturated rings. The van der Waals surface area contributed by atoms with E-state index in [1.807, 2.05) is 19.1 Å². The van der Waals surface area contributed by atoms with Gasteiger partial charge in [0.15, 0.2) is 0 Å². The minimum atomic E-state index is -0.718. The molecular formula is C16H18N2O3. The Balaban J connectivity index is 1.97. The molecule has 2 unspecified atom stereocenters. The Morgan fingerprint density at radius 1 is 1.38 bits per heavy atom. The highest BCUT2D eigenvalue weighted by Gasteiger charge is 2.30. The lowest BCUT2D eigenvalue weighted by atomic mass is 9.91. The number of phenols is 1. The second-order valence-electron chi connectivity index (χ2n) is 5.64. The number of phenolic OH excluding ortho intramolecular Hbond substituents is 1. The molecule has 0 radical (unpaired) electrons. The number of aromatic nitrogens is 1. The second kappa shape index (κ2) is 5.24. The van der Waals surface area contributed by atoms with Crippen LogP contribution in [0.25, 0.3) is 10.8 Å². The van der Waals surface area contributed by atoms with E-state index in [0.717, 1.165) is 16.6 Å². The van der Waals surface area contributed by atoms with Gasteiger partial charge in [0.2, 0.25) is 0 Å². The highest BCUT2D eigenvalue weighted by atomic mass is 16.4. The molecule has 1 aliphatic rings. The Bertz CT molecular complexity index is 686. The summed E-state index contributed by atoms with van der Waals surface area (Å²) in [6.45, 7) is 2.69. The predicted octanol–water partition coefficient (Wildman–Crippen LogP) is 2.63. The molecule has 3 rings (SSSR count). The summed E-state index contributed by atoms with van der Waals surface area (Å²) in [4.78, 5) is 17.7. The smallest absolute Gasteiger partial charge is 0.306 e. The molecule has 1 saturated heterocycles. The zero-order chi connectivity index (χ0) is 15.0. The maximum absolute atomic E-state index is 11.1. The fourth-order valence-corrected chi connectivity index (χ4v) is 3.08. The number of carbonyl (C=O) groups is 1. The summed E-state index contributed by atoms with van der Waals surface area (Å²) in [5, 5.41) is 20.8. The van der Waals surface area contributed by atoms with Gasteiger partial charge in [0.25, 0.3) is 0 Å². The van der Waals surface area contributed by atoms with Gasteiger partial charge in [-0.25, -0.2) is 4.98 Å². The summed E-state index contributed by atoms with van der Waals surface area (Å²) in [6, 6.07) is 7.26.